The first-order chi connectivity index (χ1) is 4.79. The Morgan fingerprint density at radius 3 is 2.70 bits per heavy atom. The third-order valence-electron chi connectivity index (χ3n) is 1.79. The summed E-state index contributed by atoms with van der Waals surface area (Å²) in [6, 6.07) is 6.09. The largest absolute Gasteiger partial charge is 0.133 e. The van der Waals surface area contributed by atoms with Crippen molar-refractivity contribution in [3.8, 4) is 0 Å². The van der Waals surface area contributed by atoms with Crippen molar-refractivity contribution < 1.29 is 0 Å². The lowest BCUT2D eigenvalue weighted by atomic mass is 10.2. The first kappa shape index (κ1) is 6.51. The zero-order chi connectivity index (χ0) is 7.14. The molecule has 0 unspecified atom stereocenters. The molecule has 52 valence electrons. The molecule has 0 spiro atoms. The summed E-state index contributed by atoms with van der Waals surface area (Å²) in [7, 11) is 0. The molecule has 2 rings (SSSR count). The van der Waals surface area contributed by atoms with Crippen molar-refractivity contribution in [2.45, 2.75) is 11.3 Å². The van der Waals surface area contributed by atoms with Crippen molar-refractivity contribution >= 4 is 23.2 Å². The van der Waals surface area contributed by atoms with Gasteiger partial charge in [-0.3, -0.25) is 0 Å². The van der Waals surface area contributed by atoms with Gasteiger partial charge in [0.2, 0.25) is 0 Å². The van der Waals surface area contributed by atoms with Gasteiger partial charge >= 0.3 is 0 Å². The summed E-state index contributed by atoms with van der Waals surface area (Å²) in [4.78, 5) is -0.350. The molecule has 0 heterocycles. The van der Waals surface area contributed by atoms with Crippen LogP contribution in [0.25, 0.3) is 0 Å². The lowest BCUT2D eigenvalue weighted by Gasteiger charge is -1.97. The van der Waals surface area contributed by atoms with E-state index in [2.05, 4.69) is 6.07 Å². The molecule has 1 aliphatic rings. The SMILES string of the molecule is ClC(Cl)c1cccc2c1C2. The number of hydrogen-bond donors (Lipinski definition) is 0. The Hall–Kier alpha value is -0.200. The number of hydrogen-bond acceptors (Lipinski definition) is 0. The van der Waals surface area contributed by atoms with Crippen LogP contribution in [0.4, 0.5) is 0 Å². The molecule has 0 saturated carbocycles. The maximum atomic E-state index is 5.71. The van der Waals surface area contributed by atoms with Crippen LogP contribution in [0.5, 0.6) is 0 Å². The van der Waals surface area contributed by atoms with E-state index in [1.807, 2.05) is 12.1 Å². The standard InChI is InChI=1S/C8H6Cl2/c9-8(10)6-3-1-2-5-4-7(5)6/h1-3,8H,4H2. The van der Waals surface area contributed by atoms with Gasteiger partial charge in [0.1, 0.15) is 4.84 Å². The molecular formula is C8H6Cl2. The maximum absolute atomic E-state index is 5.71. The third kappa shape index (κ3) is 0.920. The molecule has 0 N–H and O–H groups in total. The number of alkyl halides is 2. The fourth-order valence-electron chi connectivity index (χ4n) is 1.17. The Bertz CT molecular complexity index is 266. The Morgan fingerprint density at radius 2 is 2.10 bits per heavy atom. The fraction of sp³-hybridized carbons (Fsp3) is 0.250. The van der Waals surface area contributed by atoms with Crippen molar-refractivity contribution in [2.24, 2.45) is 0 Å². The van der Waals surface area contributed by atoms with E-state index in [1.165, 1.54) is 11.1 Å². The molecule has 0 aliphatic heterocycles. The van der Waals surface area contributed by atoms with Gasteiger partial charge in [-0.1, -0.05) is 18.2 Å². The second kappa shape index (κ2) is 2.14. The predicted molar refractivity (Wildman–Crippen MR) is 43.7 cm³/mol. The van der Waals surface area contributed by atoms with Gasteiger partial charge in [-0.15, -0.1) is 23.2 Å². The lowest BCUT2D eigenvalue weighted by molar-refractivity contribution is 1.34. The second-order valence-corrected chi connectivity index (χ2v) is 3.56. The highest BCUT2D eigenvalue weighted by atomic mass is 35.5. The Kier molecular flexibility index (Phi) is 1.40. The van der Waals surface area contributed by atoms with Gasteiger partial charge in [0.15, 0.2) is 0 Å². The lowest BCUT2D eigenvalue weighted by Crippen LogP contribution is -1.78. The van der Waals surface area contributed by atoms with Gasteiger partial charge in [-0.25, -0.2) is 0 Å². The van der Waals surface area contributed by atoms with Crippen LogP contribution in [-0.2, 0) is 6.42 Å². The second-order valence-electron chi connectivity index (χ2n) is 2.46. The summed E-state index contributed by atoms with van der Waals surface area (Å²) >= 11 is 11.4. The van der Waals surface area contributed by atoms with E-state index in [0.29, 0.717) is 0 Å². The van der Waals surface area contributed by atoms with Crippen LogP contribution in [-0.4, -0.2) is 0 Å². The zero-order valence-electron chi connectivity index (χ0n) is 5.27. The van der Waals surface area contributed by atoms with Crippen LogP contribution < -0.4 is 0 Å². The summed E-state index contributed by atoms with van der Waals surface area (Å²) in [5.41, 5.74) is 3.82. The van der Waals surface area contributed by atoms with Crippen LogP contribution in [0.3, 0.4) is 0 Å². The van der Waals surface area contributed by atoms with Crippen molar-refractivity contribution in [1.29, 1.82) is 0 Å². The summed E-state index contributed by atoms with van der Waals surface area (Å²) in [6.07, 6.45) is 1.08. The summed E-state index contributed by atoms with van der Waals surface area (Å²) in [5, 5.41) is 0. The van der Waals surface area contributed by atoms with Crippen molar-refractivity contribution in [3.63, 3.8) is 0 Å². The summed E-state index contributed by atoms with van der Waals surface area (Å²) < 4.78 is 0. The molecule has 1 aliphatic carbocycles. The highest BCUT2D eigenvalue weighted by molar-refractivity contribution is 6.44. The molecule has 0 amide bonds. The summed E-state index contributed by atoms with van der Waals surface area (Å²) in [5.74, 6) is 0. The van der Waals surface area contributed by atoms with Crippen LogP contribution in [0.1, 0.15) is 21.5 Å². The highest BCUT2D eigenvalue weighted by Crippen LogP contribution is 2.38. The van der Waals surface area contributed by atoms with Crippen LogP contribution in [0, 0.1) is 0 Å². The minimum absolute atomic E-state index is 0.350. The van der Waals surface area contributed by atoms with Crippen LogP contribution in [0.2, 0.25) is 0 Å². The number of halogens is 2. The average molecular weight is 173 g/mol. The van der Waals surface area contributed by atoms with Gasteiger partial charge < -0.3 is 0 Å². The molecule has 1 aromatic carbocycles. The van der Waals surface area contributed by atoms with Gasteiger partial charge in [0.05, 0.1) is 0 Å². The van der Waals surface area contributed by atoms with E-state index < -0.39 is 0 Å². The minimum atomic E-state index is -0.350. The topological polar surface area (TPSA) is 0 Å². The molecule has 0 radical (unpaired) electrons. The van der Waals surface area contributed by atoms with E-state index in [4.69, 9.17) is 23.2 Å². The van der Waals surface area contributed by atoms with Crippen molar-refractivity contribution in [3.05, 3.63) is 34.9 Å². The van der Waals surface area contributed by atoms with E-state index in [9.17, 15) is 0 Å². The monoisotopic (exact) mass is 172 g/mol. The fourth-order valence-corrected chi connectivity index (χ4v) is 1.58. The summed E-state index contributed by atoms with van der Waals surface area (Å²) in [6.45, 7) is 0. The number of fused-ring (bicyclic) bond motifs is 1. The van der Waals surface area contributed by atoms with Crippen molar-refractivity contribution in [2.75, 3.05) is 0 Å². The number of benzene rings is 1. The van der Waals surface area contributed by atoms with E-state index in [1.54, 1.807) is 0 Å². The Labute approximate surface area is 69.8 Å². The van der Waals surface area contributed by atoms with Gasteiger partial charge in [-0.2, -0.15) is 0 Å². The molecule has 0 fully saturated rings. The molecule has 10 heavy (non-hydrogen) atoms. The van der Waals surface area contributed by atoms with E-state index >= 15 is 0 Å². The number of rotatable bonds is 1. The first-order valence-electron chi connectivity index (χ1n) is 3.18. The first-order valence-corrected chi connectivity index (χ1v) is 4.05. The average Bonchev–Trinajstić information content (AvgIpc) is 2.63. The normalized spacial score (nSPS) is 13.5. The molecule has 0 saturated heterocycles. The quantitative estimate of drug-likeness (QED) is 0.581. The van der Waals surface area contributed by atoms with Crippen LogP contribution >= 0.6 is 23.2 Å². The van der Waals surface area contributed by atoms with E-state index in [-0.39, 0.29) is 4.84 Å². The predicted octanol–water partition coefficient (Wildman–Crippen LogP) is 3.07. The smallest absolute Gasteiger partial charge is 0.100 e. The molecule has 2 heteroatoms. The molecule has 0 bridgehead atoms. The zero-order valence-corrected chi connectivity index (χ0v) is 6.78. The third-order valence-corrected chi connectivity index (χ3v) is 2.26. The van der Waals surface area contributed by atoms with Crippen molar-refractivity contribution in [1.82, 2.24) is 0 Å². The van der Waals surface area contributed by atoms with Gasteiger partial charge in [-0.05, 0) is 23.1 Å². The van der Waals surface area contributed by atoms with Gasteiger partial charge in [0, 0.05) is 0 Å². The van der Waals surface area contributed by atoms with Crippen LogP contribution in [0.15, 0.2) is 18.2 Å². The minimum Gasteiger partial charge on any atom is -0.100 e. The molecule has 0 nitrogen and oxygen atoms in total. The molecular weight excluding hydrogens is 167 g/mol. The Balaban J connectivity index is 2.46. The van der Waals surface area contributed by atoms with E-state index in [0.717, 1.165) is 12.0 Å². The molecule has 0 atom stereocenters. The Morgan fingerprint density at radius 1 is 1.30 bits per heavy atom. The molecule has 1 aromatic rings. The van der Waals surface area contributed by atoms with Gasteiger partial charge in [0.25, 0.3) is 0 Å². The highest BCUT2D eigenvalue weighted by Gasteiger charge is 2.22. The maximum Gasteiger partial charge on any atom is 0.133 e. The molecule has 0 aromatic heterocycles.